The highest BCUT2D eigenvalue weighted by atomic mass is 31.2. The Hall–Kier alpha value is -3.89. The van der Waals surface area contributed by atoms with Crippen LogP contribution >= 0.6 is 7.28 Å². The molecule has 6 nitrogen and oxygen atoms in total. The first kappa shape index (κ1) is 25.7. The van der Waals surface area contributed by atoms with Crippen molar-refractivity contribution in [3.05, 3.63) is 107 Å². The van der Waals surface area contributed by atoms with Crippen LogP contribution in [0.5, 0.6) is 5.75 Å². The minimum absolute atomic E-state index is 0.0162. The van der Waals surface area contributed by atoms with E-state index >= 15 is 0 Å². The van der Waals surface area contributed by atoms with Crippen molar-refractivity contribution in [2.24, 2.45) is 4.74 Å². The summed E-state index contributed by atoms with van der Waals surface area (Å²) in [5.41, 5.74) is 3.81. The molecule has 0 N–H and O–H groups in total. The molecule has 0 saturated heterocycles. The molecule has 0 bridgehead atoms. The molecule has 4 aromatic carbocycles. The first-order valence-electron chi connectivity index (χ1n) is 12.8. The van der Waals surface area contributed by atoms with E-state index in [-0.39, 0.29) is 10.6 Å². The van der Waals surface area contributed by atoms with Crippen LogP contribution < -0.4 is 9.83 Å². The van der Waals surface area contributed by atoms with Gasteiger partial charge in [0.05, 0.1) is 10.6 Å². The van der Waals surface area contributed by atoms with E-state index in [1.165, 1.54) is 17.0 Å². The number of fused-ring (bicyclic) bond motifs is 3. The normalized spacial score (nSPS) is 13.4. The summed E-state index contributed by atoms with van der Waals surface area (Å²) in [5.74, 6) is 0.721. The summed E-state index contributed by atoms with van der Waals surface area (Å²) in [5, 5.41) is 14.5. The third-order valence-corrected chi connectivity index (χ3v) is 10.7. The SMILES string of the molecule is CCn1c2ccccc2c2cc(P(=Nc3cc([N+](=O)[O-])ccc3C)(Oc3ccccc3)C(C)(C)C)ccc21. The molecule has 1 atom stereocenters. The smallest absolute Gasteiger partial charge is 0.271 e. The lowest BCUT2D eigenvalue weighted by Gasteiger charge is -2.37. The van der Waals surface area contributed by atoms with Gasteiger partial charge in [0.15, 0.2) is 7.28 Å². The highest BCUT2D eigenvalue weighted by Crippen LogP contribution is 2.62. The van der Waals surface area contributed by atoms with Crippen LogP contribution in [0.1, 0.15) is 33.3 Å². The van der Waals surface area contributed by atoms with Crippen LogP contribution in [0, 0.1) is 17.0 Å². The van der Waals surface area contributed by atoms with Gasteiger partial charge in [-0.25, -0.2) is 4.74 Å². The number of aromatic nitrogens is 1. The number of nitro groups is 1. The predicted octanol–water partition coefficient (Wildman–Crippen LogP) is 8.98. The minimum atomic E-state index is -2.84. The predicted molar refractivity (Wildman–Crippen MR) is 158 cm³/mol. The zero-order valence-electron chi connectivity index (χ0n) is 22.4. The fourth-order valence-electron chi connectivity index (χ4n) is 4.98. The summed E-state index contributed by atoms with van der Waals surface area (Å²) >= 11 is 0. The third kappa shape index (κ3) is 4.39. The first-order valence-corrected chi connectivity index (χ1v) is 14.4. The molecule has 0 spiro atoms. The lowest BCUT2D eigenvalue weighted by Crippen LogP contribution is -2.27. The molecule has 0 aliphatic heterocycles. The molecule has 0 fully saturated rings. The number of nitro benzene ring substituents is 1. The number of rotatable bonds is 6. The van der Waals surface area contributed by atoms with Crippen molar-refractivity contribution in [1.29, 1.82) is 0 Å². The molecule has 1 unspecified atom stereocenters. The number of aryl methyl sites for hydroxylation is 2. The molecule has 1 heterocycles. The van der Waals surface area contributed by atoms with Gasteiger partial charge in [-0.3, -0.25) is 10.1 Å². The van der Waals surface area contributed by atoms with E-state index in [1.807, 2.05) is 37.3 Å². The van der Waals surface area contributed by atoms with Crippen molar-refractivity contribution in [1.82, 2.24) is 4.57 Å². The van der Waals surface area contributed by atoms with Gasteiger partial charge < -0.3 is 9.09 Å². The molecular formula is C31H32N3O3P. The Kier molecular flexibility index (Phi) is 6.62. The van der Waals surface area contributed by atoms with Crippen molar-refractivity contribution in [2.45, 2.75) is 46.3 Å². The molecule has 0 saturated carbocycles. The molecule has 0 amide bonds. The zero-order chi connectivity index (χ0) is 27.1. The molecule has 0 radical (unpaired) electrons. The monoisotopic (exact) mass is 525 g/mol. The van der Waals surface area contributed by atoms with Crippen molar-refractivity contribution in [2.75, 3.05) is 0 Å². The first-order chi connectivity index (χ1) is 18.1. The fraction of sp³-hybridized carbons (Fsp3) is 0.226. The maximum absolute atomic E-state index is 11.6. The van der Waals surface area contributed by atoms with Gasteiger partial charge in [-0.15, -0.1) is 0 Å². The van der Waals surface area contributed by atoms with Gasteiger partial charge >= 0.3 is 0 Å². The standard InChI is InChI=1S/C31H32N3O3P/c1-6-33-29-15-11-10-14-26(29)27-21-25(18-19-30(27)33)38(31(3,4)5,37-24-12-8-7-9-13-24)32-28-20-23(34(35)36)17-16-22(28)2/h7-21H,6H2,1-5H3. The van der Waals surface area contributed by atoms with E-state index in [2.05, 4.69) is 74.7 Å². The summed E-state index contributed by atoms with van der Waals surface area (Å²) in [6, 6.07) is 29.5. The summed E-state index contributed by atoms with van der Waals surface area (Å²) < 4.78 is 14.7. The topological polar surface area (TPSA) is 69.7 Å². The second-order valence-corrected chi connectivity index (χ2v) is 13.8. The Morgan fingerprint density at radius 1 is 0.895 bits per heavy atom. The number of hydrogen-bond acceptors (Lipinski definition) is 4. The van der Waals surface area contributed by atoms with E-state index in [0.29, 0.717) is 5.69 Å². The molecule has 5 rings (SSSR count). The van der Waals surface area contributed by atoms with E-state index in [9.17, 15) is 10.1 Å². The fourth-order valence-corrected chi connectivity index (χ4v) is 8.12. The Morgan fingerprint density at radius 2 is 1.58 bits per heavy atom. The number of hydrogen-bond donors (Lipinski definition) is 0. The van der Waals surface area contributed by atoms with Gasteiger partial charge in [0.25, 0.3) is 5.69 Å². The summed E-state index contributed by atoms with van der Waals surface area (Å²) in [6.07, 6.45) is 0. The third-order valence-electron chi connectivity index (χ3n) is 6.96. The Morgan fingerprint density at radius 3 is 2.26 bits per heavy atom. The number of para-hydroxylation sites is 2. The maximum Gasteiger partial charge on any atom is 0.271 e. The van der Waals surface area contributed by atoms with Crippen LogP contribution in [0.2, 0.25) is 0 Å². The van der Waals surface area contributed by atoms with Gasteiger partial charge in [0, 0.05) is 50.9 Å². The Labute approximate surface area is 223 Å². The molecular weight excluding hydrogens is 493 g/mol. The second-order valence-electron chi connectivity index (χ2n) is 10.4. The van der Waals surface area contributed by atoms with Crippen LogP contribution in [0.25, 0.3) is 21.8 Å². The molecule has 38 heavy (non-hydrogen) atoms. The lowest BCUT2D eigenvalue weighted by atomic mass is 10.1. The molecule has 0 aliphatic rings. The van der Waals surface area contributed by atoms with E-state index in [0.717, 1.165) is 34.1 Å². The summed E-state index contributed by atoms with van der Waals surface area (Å²) in [6.45, 7) is 11.4. The highest BCUT2D eigenvalue weighted by Gasteiger charge is 2.39. The quantitative estimate of drug-likeness (QED) is 0.126. The molecule has 194 valence electrons. The van der Waals surface area contributed by atoms with Gasteiger partial charge in [0.2, 0.25) is 0 Å². The van der Waals surface area contributed by atoms with Crippen LogP contribution in [0.15, 0.2) is 95.7 Å². The van der Waals surface area contributed by atoms with Gasteiger partial charge in [0.1, 0.15) is 5.75 Å². The average molecular weight is 526 g/mol. The van der Waals surface area contributed by atoms with Crippen LogP contribution in [-0.4, -0.2) is 14.6 Å². The summed E-state index contributed by atoms with van der Waals surface area (Å²) in [7, 11) is -2.84. The van der Waals surface area contributed by atoms with Crippen molar-refractivity contribution < 1.29 is 9.45 Å². The highest BCUT2D eigenvalue weighted by molar-refractivity contribution is 7.71. The van der Waals surface area contributed by atoms with E-state index in [4.69, 9.17) is 9.27 Å². The number of nitrogens with zero attached hydrogens (tertiary/aromatic N) is 3. The van der Waals surface area contributed by atoms with Crippen LogP contribution in [-0.2, 0) is 6.54 Å². The molecule has 0 aliphatic carbocycles. The van der Waals surface area contributed by atoms with Crippen molar-refractivity contribution >= 4 is 45.8 Å². The van der Waals surface area contributed by atoms with Crippen molar-refractivity contribution in [3.8, 4) is 5.75 Å². The van der Waals surface area contributed by atoms with Gasteiger partial charge in [-0.2, -0.15) is 0 Å². The molecule has 7 heteroatoms. The maximum atomic E-state index is 11.6. The zero-order valence-corrected chi connectivity index (χ0v) is 23.3. The molecule has 5 aromatic rings. The van der Waals surface area contributed by atoms with E-state index < -0.39 is 12.4 Å². The number of non-ortho nitro benzene ring substituents is 1. The number of benzene rings is 4. The van der Waals surface area contributed by atoms with Crippen LogP contribution in [0.4, 0.5) is 11.4 Å². The summed E-state index contributed by atoms with van der Waals surface area (Å²) in [4.78, 5) is 11.3. The average Bonchev–Trinajstić information content (AvgIpc) is 3.22. The largest absolute Gasteiger partial charge is 0.455 e. The lowest BCUT2D eigenvalue weighted by molar-refractivity contribution is -0.384. The van der Waals surface area contributed by atoms with E-state index in [1.54, 1.807) is 12.1 Å². The Bertz CT molecular complexity index is 1720. The van der Waals surface area contributed by atoms with Gasteiger partial charge in [-0.1, -0.05) is 63.2 Å². The molecule has 1 aromatic heterocycles. The van der Waals surface area contributed by atoms with Gasteiger partial charge in [-0.05, 0) is 55.8 Å². The minimum Gasteiger partial charge on any atom is -0.455 e. The Balaban J connectivity index is 1.88. The second kappa shape index (κ2) is 9.77. The van der Waals surface area contributed by atoms with Crippen molar-refractivity contribution in [3.63, 3.8) is 0 Å². The van der Waals surface area contributed by atoms with Crippen LogP contribution in [0.3, 0.4) is 0 Å².